The first-order valence-electron chi connectivity index (χ1n) is 5.78. The molecule has 0 atom stereocenters. The van der Waals surface area contributed by atoms with Crippen molar-refractivity contribution in [1.29, 1.82) is 0 Å². The lowest BCUT2D eigenvalue weighted by Crippen LogP contribution is -2.34. The summed E-state index contributed by atoms with van der Waals surface area (Å²) in [5.74, 6) is 1.02. The number of furan rings is 1. The van der Waals surface area contributed by atoms with Gasteiger partial charge in [-0.2, -0.15) is 0 Å². The van der Waals surface area contributed by atoms with Crippen molar-refractivity contribution in [2.75, 3.05) is 7.05 Å². The number of hydrogen-bond donors (Lipinski definition) is 1. The van der Waals surface area contributed by atoms with E-state index < -0.39 is 0 Å². The molecule has 2 rings (SSSR count). The first-order chi connectivity index (χ1) is 7.72. The summed E-state index contributed by atoms with van der Waals surface area (Å²) >= 11 is 0. The minimum absolute atomic E-state index is 0.0356. The molecule has 1 saturated carbocycles. The molecule has 1 aromatic rings. The Hall–Kier alpha value is -1.29. The van der Waals surface area contributed by atoms with Gasteiger partial charge < -0.3 is 15.1 Å². The minimum atomic E-state index is -0.0356. The molecule has 0 bridgehead atoms. The van der Waals surface area contributed by atoms with E-state index in [0.717, 1.165) is 12.8 Å². The second-order valence-electron chi connectivity index (χ2n) is 4.32. The van der Waals surface area contributed by atoms with E-state index in [1.165, 1.54) is 12.8 Å². The highest BCUT2D eigenvalue weighted by molar-refractivity contribution is 5.91. The zero-order valence-corrected chi connectivity index (χ0v) is 9.61. The molecule has 0 radical (unpaired) electrons. The van der Waals surface area contributed by atoms with Crippen molar-refractivity contribution in [2.24, 2.45) is 5.73 Å². The molecule has 0 aromatic carbocycles. The number of rotatable bonds is 3. The van der Waals surface area contributed by atoms with E-state index in [-0.39, 0.29) is 5.91 Å². The molecule has 0 spiro atoms. The average molecular weight is 222 g/mol. The standard InChI is InChI=1S/C12H18N2O2/c1-14(9-4-2-3-5-9)12(15)11-7-6-10(8-13)16-11/h6-7,9H,2-5,8,13H2,1H3. The Bertz CT molecular complexity index is 367. The Kier molecular flexibility index (Phi) is 3.29. The van der Waals surface area contributed by atoms with Gasteiger partial charge in [-0.1, -0.05) is 12.8 Å². The molecule has 16 heavy (non-hydrogen) atoms. The molecule has 1 aromatic heterocycles. The zero-order chi connectivity index (χ0) is 11.5. The summed E-state index contributed by atoms with van der Waals surface area (Å²) in [4.78, 5) is 13.9. The average Bonchev–Trinajstić information content (AvgIpc) is 2.97. The number of amides is 1. The van der Waals surface area contributed by atoms with Crippen LogP contribution in [-0.2, 0) is 6.54 Å². The highest BCUT2D eigenvalue weighted by Crippen LogP contribution is 2.24. The third kappa shape index (κ3) is 2.11. The second-order valence-corrected chi connectivity index (χ2v) is 4.32. The van der Waals surface area contributed by atoms with Crippen LogP contribution < -0.4 is 5.73 Å². The molecule has 0 unspecified atom stereocenters. The SMILES string of the molecule is CN(C(=O)c1ccc(CN)o1)C1CCCC1. The molecule has 0 aliphatic heterocycles. The van der Waals surface area contributed by atoms with E-state index in [1.54, 1.807) is 17.0 Å². The highest BCUT2D eigenvalue weighted by atomic mass is 16.4. The van der Waals surface area contributed by atoms with Crippen molar-refractivity contribution in [3.63, 3.8) is 0 Å². The van der Waals surface area contributed by atoms with Gasteiger partial charge in [0.2, 0.25) is 0 Å². The van der Waals surface area contributed by atoms with Crippen LogP contribution in [0.5, 0.6) is 0 Å². The lowest BCUT2D eigenvalue weighted by molar-refractivity contribution is 0.0701. The van der Waals surface area contributed by atoms with E-state index >= 15 is 0 Å². The number of nitrogens with two attached hydrogens (primary N) is 1. The molecule has 0 saturated heterocycles. The first kappa shape index (κ1) is 11.2. The lowest BCUT2D eigenvalue weighted by atomic mass is 10.2. The van der Waals surface area contributed by atoms with E-state index in [4.69, 9.17) is 10.2 Å². The van der Waals surface area contributed by atoms with Gasteiger partial charge in [0.15, 0.2) is 5.76 Å². The van der Waals surface area contributed by atoms with Crippen LogP contribution in [0, 0.1) is 0 Å². The van der Waals surface area contributed by atoms with Crippen molar-refractivity contribution >= 4 is 5.91 Å². The summed E-state index contributed by atoms with van der Waals surface area (Å²) in [5, 5.41) is 0. The summed E-state index contributed by atoms with van der Waals surface area (Å²) < 4.78 is 5.36. The van der Waals surface area contributed by atoms with Gasteiger partial charge in [-0.05, 0) is 25.0 Å². The van der Waals surface area contributed by atoms with E-state index in [9.17, 15) is 4.79 Å². The monoisotopic (exact) mass is 222 g/mol. The van der Waals surface area contributed by atoms with Crippen LogP contribution in [0.4, 0.5) is 0 Å². The Morgan fingerprint density at radius 2 is 2.19 bits per heavy atom. The predicted octanol–water partition coefficient (Wildman–Crippen LogP) is 1.75. The largest absolute Gasteiger partial charge is 0.455 e. The molecule has 1 fully saturated rings. The third-order valence-electron chi connectivity index (χ3n) is 3.27. The Morgan fingerprint density at radius 1 is 1.50 bits per heavy atom. The highest BCUT2D eigenvalue weighted by Gasteiger charge is 2.25. The zero-order valence-electron chi connectivity index (χ0n) is 9.61. The lowest BCUT2D eigenvalue weighted by Gasteiger charge is -2.23. The summed E-state index contributed by atoms with van der Waals surface area (Å²) in [6.45, 7) is 0.334. The first-order valence-corrected chi connectivity index (χ1v) is 5.78. The van der Waals surface area contributed by atoms with E-state index in [0.29, 0.717) is 24.1 Å². The molecular weight excluding hydrogens is 204 g/mol. The van der Waals surface area contributed by atoms with Gasteiger partial charge in [0.25, 0.3) is 5.91 Å². The van der Waals surface area contributed by atoms with Crippen molar-refractivity contribution < 1.29 is 9.21 Å². The summed E-state index contributed by atoms with van der Waals surface area (Å²) in [6.07, 6.45) is 4.64. The molecule has 1 heterocycles. The number of hydrogen-bond acceptors (Lipinski definition) is 3. The quantitative estimate of drug-likeness (QED) is 0.847. The van der Waals surface area contributed by atoms with Crippen LogP contribution in [0.15, 0.2) is 16.5 Å². The molecule has 1 aliphatic rings. The topological polar surface area (TPSA) is 59.5 Å². The maximum Gasteiger partial charge on any atom is 0.289 e. The van der Waals surface area contributed by atoms with Gasteiger partial charge in [-0.25, -0.2) is 0 Å². The van der Waals surface area contributed by atoms with E-state index in [1.807, 2.05) is 7.05 Å². The van der Waals surface area contributed by atoms with Crippen LogP contribution in [0.2, 0.25) is 0 Å². The van der Waals surface area contributed by atoms with Gasteiger partial charge in [-0.3, -0.25) is 4.79 Å². The molecule has 1 amide bonds. The minimum Gasteiger partial charge on any atom is -0.455 e. The fourth-order valence-electron chi connectivity index (χ4n) is 2.23. The number of carbonyl (C=O) groups is 1. The third-order valence-corrected chi connectivity index (χ3v) is 3.27. The predicted molar refractivity (Wildman–Crippen MR) is 60.9 cm³/mol. The maximum atomic E-state index is 12.1. The van der Waals surface area contributed by atoms with Crippen LogP contribution >= 0.6 is 0 Å². The van der Waals surface area contributed by atoms with E-state index in [2.05, 4.69) is 0 Å². The summed E-state index contributed by atoms with van der Waals surface area (Å²) in [5.41, 5.74) is 5.44. The van der Waals surface area contributed by atoms with Crippen molar-refractivity contribution in [3.8, 4) is 0 Å². The Labute approximate surface area is 95.4 Å². The number of carbonyl (C=O) groups excluding carboxylic acids is 1. The molecule has 88 valence electrons. The Morgan fingerprint density at radius 3 is 2.75 bits per heavy atom. The van der Waals surface area contributed by atoms with Gasteiger partial charge >= 0.3 is 0 Å². The van der Waals surface area contributed by atoms with Crippen LogP contribution in [-0.4, -0.2) is 23.9 Å². The maximum absolute atomic E-state index is 12.1. The summed E-state index contributed by atoms with van der Waals surface area (Å²) in [7, 11) is 1.85. The van der Waals surface area contributed by atoms with Gasteiger partial charge in [0.05, 0.1) is 6.54 Å². The number of nitrogens with zero attached hydrogens (tertiary/aromatic N) is 1. The fourth-order valence-corrected chi connectivity index (χ4v) is 2.23. The van der Waals surface area contributed by atoms with Crippen LogP contribution in [0.3, 0.4) is 0 Å². The van der Waals surface area contributed by atoms with Crippen molar-refractivity contribution in [3.05, 3.63) is 23.7 Å². The normalized spacial score (nSPS) is 16.6. The Balaban J connectivity index is 2.05. The fraction of sp³-hybridized carbons (Fsp3) is 0.583. The molecule has 2 N–H and O–H groups in total. The van der Waals surface area contributed by atoms with Gasteiger partial charge in [0, 0.05) is 13.1 Å². The molecule has 1 aliphatic carbocycles. The van der Waals surface area contributed by atoms with Crippen molar-refractivity contribution in [2.45, 2.75) is 38.3 Å². The second kappa shape index (κ2) is 4.70. The van der Waals surface area contributed by atoms with Gasteiger partial charge in [-0.15, -0.1) is 0 Å². The molecular formula is C12H18N2O2. The van der Waals surface area contributed by atoms with Gasteiger partial charge in [0.1, 0.15) is 5.76 Å². The molecule has 4 heteroatoms. The summed E-state index contributed by atoms with van der Waals surface area (Å²) in [6, 6.07) is 3.84. The smallest absolute Gasteiger partial charge is 0.289 e. The van der Waals surface area contributed by atoms with Crippen LogP contribution in [0.1, 0.15) is 42.0 Å². The molecule has 4 nitrogen and oxygen atoms in total. The van der Waals surface area contributed by atoms with Crippen molar-refractivity contribution in [1.82, 2.24) is 4.90 Å². The van der Waals surface area contributed by atoms with Crippen LogP contribution in [0.25, 0.3) is 0 Å².